The number of hydrogen-bond acceptors (Lipinski definition) is 3. The average molecular weight is 252 g/mol. The van der Waals surface area contributed by atoms with Gasteiger partial charge in [0.05, 0.1) is 5.52 Å². The van der Waals surface area contributed by atoms with E-state index in [-0.39, 0.29) is 0 Å². The van der Waals surface area contributed by atoms with Gasteiger partial charge in [-0.3, -0.25) is 0 Å². The fraction of sp³-hybridized carbons (Fsp3) is 0.200. The van der Waals surface area contributed by atoms with Crippen LogP contribution in [0.1, 0.15) is 5.82 Å². The van der Waals surface area contributed by atoms with Crippen LogP contribution in [0.2, 0.25) is 0 Å². The molecule has 2 aromatic heterocycles. The van der Waals surface area contributed by atoms with Gasteiger partial charge in [0.2, 0.25) is 0 Å². The van der Waals surface area contributed by atoms with Crippen LogP contribution in [0, 0.1) is 0 Å². The number of nitrogens with one attached hydrogen (secondary N) is 1. The van der Waals surface area contributed by atoms with Gasteiger partial charge in [-0.25, -0.2) is 9.97 Å². The van der Waals surface area contributed by atoms with Gasteiger partial charge in [-0.2, -0.15) is 0 Å². The Kier molecular flexibility index (Phi) is 3.14. The van der Waals surface area contributed by atoms with Crippen molar-refractivity contribution in [2.24, 2.45) is 7.05 Å². The van der Waals surface area contributed by atoms with Crippen LogP contribution in [0.25, 0.3) is 10.9 Å². The van der Waals surface area contributed by atoms with Crippen molar-refractivity contribution in [3.63, 3.8) is 0 Å². The summed E-state index contributed by atoms with van der Waals surface area (Å²) in [6, 6.07) is 12.2. The molecule has 0 aliphatic carbocycles. The molecule has 0 atom stereocenters. The second kappa shape index (κ2) is 5.10. The highest BCUT2D eigenvalue weighted by molar-refractivity contribution is 5.79. The van der Waals surface area contributed by atoms with E-state index in [1.807, 2.05) is 48.3 Å². The fourth-order valence-electron chi connectivity index (χ4n) is 2.10. The maximum absolute atomic E-state index is 4.58. The van der Waals surface area contributed by atoms with Crippen molar-refractivity contribution in [3.8, 4) is 0 Å². The fourth-order valence-corrected chi connectivity index (χ4v) is 2.10. The average Bonchev–Trinajstić information content (AvgIpc) is 2.84. The zero-order chi connectivity index (χ0) is 13.1. The molecule has 3 rings (SSSR count). The predicted octanol–water partition coefficient (Wildman–Crippen LogP) is 2.62. The second-order valence-corrected chi connectivity index (χ2v) is 4.52. The largest absolute Gasteiger partial charge is 0.370 e. The van der Waals surface area contributed by atoms with Crippen LogP contribution in [-0.2, 0) is 13.5 Å². The summed E-state index contributed by atoms with van der Waals surface area (Å²) in [6.45, 7) is 0.830. The minimum atomic E-state index is 0.830. The van der Waals surface area contributed by atoms with Crippen molar-refractivity contribution in [3.05, 3.63) is 54.6 Å². The molecule has 0 aliphatic heterocycles. The third-order valence-electron chi connectivity index (χ3n) is 3.17. The van der Waals surface area contributed by atoms with Crippen LogP contribution in [0.5, 0.6) is 0 Å². The first-order valence-electron chi connectivity index (χ1n) is 6.39. The van der Waals surface area contributed by atoms with Crippen LogP contribution >= 0.6 is 0 Å². The van der Waals surface area contributed by atoms with E-state index in [9.17, 15) is 0 Å². The van der Waals surface area contributed by atoms with Gasteiger partial charge in [0.1, 0.15) is 11.6 Å². The Morgan fingerprint density at radius 2 is 2.05 bits per heavy atom. The molecule has 4 heteroatoms. The van der Waals surface area contributed by atoms with E-state index >= 15 is 0 Å². The predicted molar refractivity (Wildman–Crippen MR) is 77.1 cm³/mol. The molecule has 0 spiro atoms. The number of aromatic nitrogens is 3. The zero-order valence-corrected chi connectivity index (χ0v) is 10.9. The molecule has 19 heavy (non-hydrogen) atoms. The minimum Gasteiger partial charge on any atom is -0.370 e. The van der Waals surface area contributed by atoms with Gasteiger partial charge < -0.3 is 9.88 Å². The molecule has 0 saturated carbocycles. The van der Waals surface area contributed by atoms with Gasteiger partial charge >= 0.3 is 0 Å². The van der Waals surface area contributed by atoms with Gasteiger partial charge in [-0.15, -0.1) is 0 Å². The molecule has 0 unspecified atom stereocenters. The molecular formula is C15H16N4. The molecule has 3 aromatic rings. The number of nitrogens with zero attached hydrogens (tertiary/aromatic N) is 3. The summed E-state index contributed by atoms with van der Waals surface area (Å²) >= 11 is 0. The number of hydrogen-bond donors (Lipinski definition) is 1. The number of anilines is 1. The third kappa shape index (κ3) is 2.57. The summed E-state index contributed by atoms with van der Waals surface area (Å²) in [7, 11) is 2.01. The molecule has 1 aromatic carbocycles. The highest BCUT2D eigenvalue weighted by atomic mass is 15.0. The smallest absolute Gasteiger partial charge is 0.126 e. The molecule has 2 heterocycles. The van der Waals surface area contributed by atoms with E-state index in [0.29, 0.717) is 0 Å². The van der Waals surface area contributed by atoms with Crippen LogP contribution in [-0.4, -0.2) is 21.1 Å². The number of para-hydroxylation sites is 1. The molecule has 96 valence electrons. The van der Waals surface area contributed by atoms with Crippen LogP contribution in [0.15, 0.2) is 48.8 Å². The Bertz CT molecular complexity index is 687. The van der Waals surface area contributed by atoms with Crippen LogP contribution in [0.4, 0.5) is 5.82 Å². The van der Waals surface area contributed by atoms with E-state index in [2.05, 4.69) is 27.4 Å². The number of rotatable bonds is 4. The Hall–Kier alpha value is -2.36. The first kappa shape index (κ1) is 11.7. The first-order valence-corrected chi connectivity index (χ1v) is 6.39. The quantitative estimate of drug-likeness (QED) is 0.776. The molecule has 0 bridgehead atoms. The van der Waals surface area contributed by atoms with Crippen molar-refractivity contribution >= 4 is 16.7 Å². The number of fused-ring (bicyclic) bond motifs is 1. The zero-order valence-electron chi connectivity index (χ0n) is 10.9. The first-order chi connectivity index (χ1) is 9.33. The Labute approximate surface area is 112 Å². The van der Waals surface area contributed by atoms with E-state index in [1.165, 1.54) is 0 Å². The Balaban J connectivity index is 1.67. The summed E-state index contributed by atoms with van der Waals surface area (Å²) in [6.07, 6.45) is 4.67. The summed E-state index contributed by atoms with van der Waals surface area (Å²) < 4.78 is 2.04. The minimum absolute atomic E-state index is 0.830. The van der Waals surface area contributed by atoms with E-state index in [0.717, 1.165) is 35.5 Å². The van der Waals surface area contributed by atoms with Crippen LogP contribution in [0.3, 0.4) is 0 Å². The molecule has 4 nitrogen and oxygen atoms in total. The highest BCUT2D eigenvalue weighted by Gasteiger charge is 2.00. The van der Waals surface area contributed by atoms with Gasteiger partial charge in [0.15, 0.2) is 0 Å². The SMILES string of the molecule is Cn1ccnc1CCNc1ccc2ccccc2n1. The second-order valence-electron chi connectivity index (χ2n) is 4.52. The van der Waals surface area contributed by atoms with E-state index in [1.54, 1.807) is 0 Å². The molecule has 0 aliphatic rings. The number of imidazole rings is 1. The maximum Gasteiger partial charge on any atom is 0.126 e. The Morgan fingerprint density at radius 3 is 2.89 bits per heavy atom. The lowest BCUT2D eigenvalue weighted by atomic mass is 10.2. The Morgan fingerprint density at radius 1 is 1.16 bits per heavy atom. The van der Waals surface area contributed by atoms with Crippen molar-refractivity contribution in [1.82, 2.24) is 14.5 Å². The monoisotopic (exact) mass is 252 g/mol. The lowest BCUT2D eigenvalue weighted by Gasteiger charge is -2.06. The van der Waals surface area contributed by atoms with Crippen molar-refractivity contribution in [2.75, 3.05) is 11.9 Å². The van der Waals surface area contributed by atoms with Gasteiger partial charge in [-0.1, -0.05) is 18.2 Å². The molecule has 0 radical (unpaired) electrons. The standard InChI is InChI=1S/C15H16N4/c1-19-11-10-17-15(19)8-9-16-14-7-6-12-4-2-3-5-13(12)18-14/h2-7,10-11H,8-9H2,1H3,(H,16,18). The molecule has 0 fully saturated rings. The van der Waals surface area contributed by atoms with E-state index < -0.39 is 0 Å². The lowest BCUT2D eigenvalue weighted by Crippen LogP contribution is -2.09. The van der Waals surface area contributed by atoms with Crippen molar-refractivity contribution in [1.29, 1.82) is 0 Å². The van der Waals surface area contributed by atoms with Crippen molar-refractivity contribution < 1.29 is 0 Å². The number of benzene rings is 1. The molecular weight excluding hydrogens is 236 g/mol. The molecule has 0 saturated heterocycles. The molecule has 1 N–H and O–H groups in total. The van der Waals surface area contributed by atoms with Crippen molar-refractivity contribution in [2.45, 2.75) is 6.42 Å². The topological polar surface area (TPSA) is 42.7 Å². The number of aryl methyl sites for hydroxylation is 1. The maximum atomic E-state index is 4.58. The summed E-state index contributed by atoms with van der Waals surface area (Å²) in [4.78, 5) is 8.88. The summed E-state index contributed by atoms with van der Waals surface area (Å²) in [5.74, 6) is 1.99. The third-order valence-corrected chi connectivity index (χ3v) is 3.17. The summed E-state index contributed by atoms with van der Waals surface area (Å²) in [5.41, 5.74) is 1.02. The summed E-state index contributed by atoms with van der Waals surface area (Å²) in [5, 5.41) is 4.50. The van der Waals surface area contributed by atoms with Gasteiger partial charge in [-0.05, 0) is 18.2 Å². The van der Waals surface area contributed by atoms with Crippen LogP contribution < -0.4 is 5.32 Å². The van der Waals surface area contributed by atoms with Gasteiger partial charge in [0, 0.05) is 37.8 Å². The highest BCUT2D eigenvalue weighted by Crippen LogP contribution is 2.14. The number of pyridine rings is 1. The van der Waals surface area contributed by atoms with E-state index in [4.69, 9.17) is 0 Å². The normalized spacial score (nSPS) is 10.8. The van der Waals surface area contributed by atoms with Gasteiger partial charge in [0.25, 0.3) is 0 Å². The lowest BCUT2D eigenvalue weighted by molar-refractivity contribution is 0.789. The molecule has 0 amide bonds.